The maximum Gasteiger partial charge on any atom is 0.227 e. The molecular formula is C19H18N2O2. The molecule has 0 aliphatic rings. The maximum atomic E-state index is 6.00. The smallest absolute Gasteiger partial charge is 0.227 e. The van der Waals surface area contributed by atoms with Crippen LogP contribution in [0.5, 0.6) is 17.5 Å². The number of hydrogen-bond acceptors (Lipinski definition) is 4. The molecule has 0 saturated carbocycles. The summed E-state index contributed by atoms with van der Waals surface area (Å²) in [5, 5.41) is 0. The monoisotopic (exact) mass is 306 g/mol. The lowest BCUT2D eigenvalue weighted by Gasteiger charge is -2.12. The molecule has 2 aromatic heterocycles. The molecule has 3 rings (SSSR count). The van der Waals surface area contributed by atoms with Gasteiger partial charge in [-0.2, -0.15) is 0 Å². The van der Waals surface area contributed by atoms with E-state index in [1.807, 2.05) is 42.5 Å². The van der Waals surface area contributed by atoms with E-state index in [4.69, 9.17) is 9.47 Å². The molecule has 4 nitrogen and oxygen atoms in total. The molecule has 0 fully saturated rings. The van der Waals surface area contributed by atoms with Gasteiger partial charge >= 0.3 is 0 Å². The molecule has 0 atom stereocenters. The van der Waals surface area contributed by atoms with Crippen molar-refractivity contribution in [1.82, 2.24) is 9.97 Å². The van der Waals surface area contributed by atoms with Crippen molar-refractivity contribution in [2.45, 2.75) is 13.8 Å². The van der Waals surface area contributed by atoms with Crippen LogP contribution in [0.25, 0.3) is 11.1 Å². The van der Waals surface area contributed by atoms with Crippen molar-refractivity contribution in [2.24, 2.45) is 0 Å². The number of pyridine rings is 2. The van der Waals surface area contributed by atoms with Gasteiger partial charge in [0.2, 0.25) is 11.8 Å². The fourth-order valence-corrected chi connectivity index (χ4v) is 2.32. The van der Waals surface area contributed by atoms with Gasteiger partial charge in [-0.15, -0.1) is 0 Å². The molecule has 4 heteroatoms. The van der Waals surface area contributed by atoms with Gasteiger partial charge in [0.25, 0.3) is 0 Å². The van der Waals surface area contributed by atoms with Gasteiger partial charge in [0.15, 0.2) is 0 Å². The number of nitrogens with zero attached hydrogens (tertiary/aromatic N) is 2. The van der Waals surface area contributed by atoms with E-state index >= 15 is 0 Å². The number of rotatable bonds is 4. The van der Waals surface area contributed by atoms with E-state index in [0.717, 1.165) is 16.9 Å². The van der Waals surface area contributed by atoms with Crippen molar-refractivity contribution in [1.29, 1.82) is 0 Å². The number of aryl methyl sites for hydroxylation is 2. The van der Waals surface area contributed by atoms with E-state index in [-0.39, 0.29) is 0 Å². The third-order valence-corrected chi connectivity index (χ3v) is 3.72. The molecule has 0 aliphatic heterocycles. The predicted molar refractivity (Wildman–Crippen MR) is 90.0 cm³/mol. The molecule has 116 valence electrons. The second kappa shape index (κ2) is 6.48. The van der Waals surface area contributed by atoms with Crippen molar-refractivity contribution < 1.29 is 9.47 Å². The molecule has 2 heterocycles. The van der Waals surface area contributed by atoms with Crippen molar-refractivity contribution in [3.63, 3.8) is 0 Å². The molecule has 1 aromatic carbocycles. The third-order valence-electron chi connectivity index (χ3n) is 3.72. The summed E-state index contributed by atoms with van der Waals surface area (Å²) in [5.41, 5.74) is 4.10. The van der Waals surface area contributed by atoms with Gasteiger partial charge in [0.05, 0.1) is 7.11 Å². The van der Waals surface area contributed by atoms with E-state index in [9.17, 15) is 0 Å². The molecular weight excluding hydrogens is 288 g/mol. The van der Waals surface area contributed by atoms with Crippen LogP contribution in [0.2, 0.25) is 0 Å². The van der Waals surface area contributed by atoms with E-state index in [2.05, 4.69) is 23.8 Å². The zero-order valence-corrected chi connectivity index (χ0v) is 13.4. The van der Waals surface area contributed by atoms with Crippen LogP contribution in [0, 0.1) is 13.8 Å². The number of hydrogen-bond donors (Lipinski definition) is 0. The van der Waals surface area contributed by atoms with E-state index in [1.54, 1.807) is 19.5 Å². The van der Waals surface area contributed by atoms with E-state index < -0.39 is 0 Å². The Balaban J connectivity index is 2.02. The Morgan fingerprint density at radius 2 is 1.43 bits per heavy atom. The van der Waals surface area contributed by atoms with Crippen LogP contribution in [-0.4, -0.2) is 17.1 Å². The van der Waals surface area contributed by atoms with Gasteiger partial charge in [-0.1, -0.05) is 6.07 Å². The Morgan fingerprint density at radius 3 is 2.09 bits per heavy atom. The fourth-order valence-electron chi connectivity index (χ4n) is 2.32. The minimum Gasteiger partial charge on any atom is -0.481 e. The first-order chi connectivity index (χ1) is 11.2. The first-order valence-corrected chi connectivity index (χ1v) is 7.38. The number of benzene rings is 1. The number of ether oxygens (including phenoxy) is 2. The van der Waals surface area contributed by atoms with Crippen molar-refractivity contribution in [3.05, 3.63) is 66.0 Å². The van der Waals surface area contributed by atoms with Crippen molar-refractivity contribution >= 4 is 0 Å². The van der Waals surface area contributed by atoms with Crippen LogP contribution < -0.4 is 9.47 Å². The Morgan fingerprint density at radius 1 is 0.783 bits per heavy atom. The van der Waals surface area contributed by atoms with E-state index in [0.29, 0.717) is 11.8 Å². The topological polar surface area (TPSA) is 44.2 Å². The molecule has 23 heavy (non-hydrogen) atoms. The minimum absolute atomic E-state index is 0.530. The predicted octanol–water partition coefficient (Wildman–Crippen LogP) is 4.56. The lowest BCUT2D eigenvalue weighted by atomic mass is 10.1. The SMILES string of the molecule is COc1ncccc1-c1cccnc1Oc1ccc(C)c(C)c1. The molecule has 0 unspecified atom stereocenters. The van der Waals surface area contributed by atoms with Gasteiger partial charge in [0.1, 0.15) is 5.75 Å². The van der Waals surface area contributed by atoms with Crippen LogP contribution in [0.3, 0.4) is 0 Å². The van der Waals surface area contributed by atoms with Gasteiger partial charge in [0, 0.05) is 23.5 Å². The van der Waals surface area contributed by atoms with Gasteiger partial charge in [-0.3, -0.25) is 0 Å². The quantitative estimate of drug-likeness (QED) is 0.708. The van der Waals surface area contributed by atoms with Crippen LogP contribution >= 0.6 is 0 Å². The summed E-state index contributed by atoms with van der Waals surface area (Å²) in [6.45, 7) is 4.14. The van der Waals surface area contributed by atoms with Gasteiger partial charge in [-0.25, -0.2) is 9.97 Å². The standard InChI is InChI=1S/C19H18N2O2/c1-13-8-9-15(12-14(13)2)23-19-17(7-5-11-21-19)16-6-4-10-20-18(16)22-3/h4-12H,1-3H3. The van der Waals surface area contributed by atoms with E-state index in [1.165, 1.54) is 11.1 Å². The van der Waals surface area contributed by atoms with Crippen LogP contribution in [-0.2, 0) is 0 Å². The molecule has 0 N–H and O–H groups in total. The molecule has 0 saturated heterocycles. The molecule has 0 bridgehead atoms. The summed E-state index contributed by atoms with van der Waals surface area (Å²) in [4.78, 5) is 8.61. The summed E-state index contributed by atoms with van der Waals surface area (Å²) in [6.07, 6.45) is 3.41. The fraction of sp³-hybridized carbons (Fsp3) is 0.158. The summed E-state index contributed by atoms with van der Waals surface area (Å²) in [6, 6.07) is 13.6. The normalized spacial score (nSPS) is 10.4. The highest BCUT2D eigenvalue weighted by molar-refractivity contribution is 5.73. The average molecular weight is 306 g/mol. The Bertz CT molecular complexity index is 831. The van der Waals surface area contributed by atoms with Gasteiger partial charge < -0.3 is 9.47 Å². The first-order valence-electron chi connectivity index (χ1n) is 7.38. The number of aromatic nitrogens is 2. The van der Waals surface area contributed by atoms with Crippen molar-refractivity contribution in [2.75, 3.05) is 7.11 Å². The van der Waals surface area contributed by atoms with Crippen LogP contribution in [0.1, 0.15) is 11.1 Å². The lowest BCUT2D eigenvalue weighted by molar-refractivity contribution is 0.399. The minimum atomic E-state index is 0.530. The van der Waals surface area contributed by atoms with Crippen molar-refractivity contribution in [3.8, 4) is 28.6 Å². The lowest BCUT2D eigenvalue weighted by Crippen LogP contribution is -1.95. The largest absolute Gasteiger partial charge is 0.481 e. The maximum absolute atomic E-state index is 6.00. The second-order valence-electron chi connectivity index (χ2n) is 5.26. The van der Waals surface area contributed by atoms with Crippen LogP contribution in [0.4, 0.5) is 0 Å². The summed E-state index contributed by atoms with van der Waals surface area (Å²) >= 11 is 0. The zero-order chi connectivity index (χ0) is 16.2. The highest BCUT2D eigenvalue weighted by atomic mass is 16.5. The molecule has 3 aromatic rings. The zero-order valence-electron chi connectivity index (χ0n) is 13.4. The summed E-state index contributed by atoms with van der Waals surface area (Å²) < 4.78 is 11.4. The third kappa shape index (κ3) is 3.16. The second-order valence-corrected chi connectivity index (χ2v) is 5.26. The Hall–Kier alpha value is -2.88. The first kappa shape index (κ1) is 15.0. The van der Waals surface area contributed by atoms with Crippen LogP contribution in [0.15, 0.2) is 54.9 Å². The Kier molecular flexibility index (Phi) is 4.24. The average Bonchev–Trinajstić information content (AvgIpc) is 2.59. The number of methoxy groups -OCH3 is 1. The molecule has 0 amide bonds. The highest BCUT2D eigenvalue weighted by Crippen LogP contribution is 2.35. The Labute approximate surface area is 135 Å². The highest BCUT2D eigenvalue weighted by Gasteiger charge is 2.13. The van der Waals surface area contributed by atoms with Gasteiger partial charge in [-0.05, 0) is 61.4 Å². The summed E-state index contributed by atoms with van der Waals surface area (Å²) in [5.74, 6) is 1.84. The molecule has 0 aliphatic carbocycles. The summed E-state index contributed by atoms with van der Waals surface area (Å²) in [7, 11) is 1.60. The molecule has 0 spiro atoms. The molecule has 0 radical (unpaired) electrons.